The number of aliphatic carboxylic acids is 1. The normalized spacial score (nSPS) is 39.7. The van der Waals surface area contributed by atoms with Gasteiger partial charge in [0.25, 0.3) is 0 Å². The predicted octanol–water partition coefficient (Wildman–Crippen LogP) is 3.26. The van der Waals surface area contributed by atoms with E-state index in [0.717, 1.165) is 57.3 Å². The summed E-state index contributed by atoms with van der Waals surface area (Å²) in [4.78, 5) is 34.7. The van der Waals surface area contributed by atoms with E-state index in [9.17, 15) is 24.9 Å². The highest BCUT2D eigenvalue weighted by atomic mass is 17.1. The number of rotatable bonds is 11. The van der Waals surface area contributed by atoms with Crippen LogP contribution in [0.15, 0.2) is 0 Å². The number of carboxylic acid groups (broad SMARTS) is 1. The van der Waals surface area contributed by atoms with Crippen molar-refractivity contribution in [1.82, 2.24) is 10.8 Å². The topological polar surface area (TPSA) is 158 Å². The zero-order valence-corrected chi connectivity index (χ0v) is 23.2. The molecule has 4 aliphatic rings. The predicted molar refractivity (Wildman–Crippen MR) is 143 cm³/mol. The van der Waals surface area contributed by atoms with Crippen molar-refractivity contribution in [2.45, 2.75) is 121 Å². The summed E-state index contributed by atoms with van der Waals surface area (Å²) >= 11 is 0. The molecule has 0 radical (unpaired) electrons. The summed E-state index contributed by atoms with van der Waals surface area (Å²) in [7, 11) is 0. The molecule has 0 bridgehead atoms. The van der Waals surface area contributed by atoms with Crippen LogP contribution in [0.5, 0.6) is 0 Å². The third-order valence-electron chi connectivity index (χ3n) is 10.1. The highest BCUT2D eigenvalue weighted by Crippen LogP contribution is 2.37. The molecule has 224 valence electrons. The van der Waals surface area contributed by atoms with E-state index in [4.69, 9.17) is 10.1 Å². The van der Waals surface area contributed by atoms with Crippen molar-refractivity contribution in [3.8, 4) is 0 Å². The zero-order valence-electron chi connectivity index (χ0n) is 23.2. The maximum atomic E-state index is 12.8. The lowest BCUT2D eigenvalue weighted by Gasteiger charge is -2.36. The fourth-order valence-corrected chi connectivity index (χ4v) is 7.67. The number of hydroxylamine groups is 1. The fraction of sp³-hybridized carbons (Fsp3) is 0.931. The van der Waals surface area contributed by atoms with Gasteiger partial charge < -0.3 is 25.5 Å². The van der Waals surface area contributed by atoms with E-state index < -0.39 is 23.9 Å². The lowest BCUT2D eigenvalue weighted by Crippen LogP contribution is -2.46. The first-order valence-electron chi connectivity index (χ1n) is 15.3. The van der Waals surface area contributed by atoms with Crippen LogP contribution in [-0.2, 0) is 19.3 Å². The minimum Gasteiger partial charge on any atom is -0.481 e. The Bertz CT molecular complexity index is 768. The third kappa shape index (κ3) is 9.10. The smallest absolute Gasteiger partial charge is 0.307 e. The van der Waals surface area contributed by atoms with Crippen LogP contribution in [0.1, 0.15) is 96.3 Å². The molecule has 6 atom stereocenters. The number of aliphatic hydroxyl groups is 2. The number of amides is 1. The van der Waals surface area contributed by atoms with Crippen LogP contribution in [0.3, 0.4) is 0 Å². The summed E-state index contributed by atoms with van der Waals surface area (Å²) in [6.07, 6.45) is 12.4. The van der Waals surface area contributed by atoms with Crippen LogP contribution in [0, 0.1) is 35.5 Å². The summed E-state index contributed by atoms with van der Waals surface area (Å²) < 4.78 is 0. The number of hydrogen-bond acceptors (Lipinski definition) is 8. The lowest BCUT2D eigenvalue weighted by atomic mass is 9.75. The lowest BCUT2D eigenvalue weighted by molar-refractivity contribution is -0.258. The van der Waals surface area contributed by atoms with Gasteiger partial charge in [0.15, 0.2) is 0 Å². The number of carbonyl (C=O) groups excluding carboxylic acids is 1. The molecule has 0 aromatic heterocycles. The quantitative estimate of drug-likeness (QED) is 0.167. The van der Waals surface area contributed by atoms with E-state index in [-0.39, 0.29) is 42.9 Å². The van der Waals surface area contributed by atoms with Gasteiger partial charge in [-0.15, -0.1) is 0 Å². The first kappa shape index (κ1) is 30.7. The van der Waals surface area contributed by atoms with Gasteiger partial charge in [-0.25, -0.2) is 4.89 Å². The summed E-state index contributed by atoms with van der Waals surface area (Å²) in [6, 6.07) is 0.493. The second-order valence-corrected chi connectivity index (χ2v) is 12.9. The van der Waals surface area contributed by atoms with Crippen molar-refractivity contribution in [2.24, 2.45) is 35.5 Å². The SMILES string of the molecule is O=C(O)C1CC(O)CCC1C(=O)NC1CCC(CC2CCC(NOCC3CCC(O)CC3COO)CC2)CC1. The van der Waals surface area contributed by atoms with Gasteiger partial charge in [0.2, 0.25) is 5.91 Å². The molecule has 0 aliphatic heterocycles. The van der Waals surface area contributed by atoms with Crippen molar-refractivity contribution < 1.29 is 39.9 Å². The van der Waals surface area contributed by atoms with Gasteiger partial charge >= 0.3 is 5.97 Å². The first-order valence-corrected chi connectivity index (χ1v) is 15.3. The molecule has 0 aromatic rings. The van der Waals surface area contributed by atoms with E-state index in [0.29, 0.717) is 37.8 Å². The first-order chi connectivity index (χ1) is 18.8. The zero-order chi connectivity index (χ0) is 27.8. The average Bonchev–Trinajstić information content (AvgIpc) is 2.92. The van der Waals surface area contributed by atoms with Crippen molar-refractivity contribution in [1.29, 1.82) is 0 Å². The molecule has 0 aromatic carbocycles. The van der Waals surface area contributed by atoms with Crippen LogP contribution in [-0.4, -0.2) is 70.0 Å². The molecular formula is C29H50N2O8. The fourth-order valence-electron chi connectivity index (χ4n) is 7.67. The monoisotopic (exact) mass is 554 g/mol. The van der Waals surface area contributed by atoms with Gasteiger partial charge in [-0.2, -0.15) is 5.48 Å². The Morgan fingerprint density at radius 3 is 1.95 bits per heavy atom. The molecule has 0 saturated heterocycles. The standard InChI is InChI=1S/C29H50N2O8/c32-24-10-5-20(21(14-24)17-39-37)16-38-31-23-8-3-19(4-9-23)13-18-1-6-22(7-2-18)30-28(34)26-12-11-25(33)15-27(26)29(35)36/h18-27,31-33,37H,1-17H2,(H,30,34)(H,35,36). The third-order valence-corrected chi connectivity index (χ3v) is 10.1. The van der Waals surface area contributed by atoms with Crippen molar-refractivity contribution >= 4 is 11.9 Å². The van der Waals surface area contributed by atoms with Gasteiger partial charge in [-0.05, 0) is 120 Å². The molecular weight excluding hydrogens is 504 g/mol. The molecule has 1 amide bonds. The average molecular weight is 555 g/mol. The van der Waals surface area contributed by atoms with Crippen LogP contribution in [0.25, 0.3) is 0 Å². The molecule has 0 heterocycles. The van der Waals surface area contributed by atoms with Gasteiger partial charge in [-0.3, -0.25) is 14.8 Å². The van der Waals surface area contributed by atoms with Gasteiger partial charge in [-0.1, -0.05) is 0 Å². The molecule has 4 saturated carbocycles. The number of hydrogen-bond donors (Lipinski definition) is 6. The van der Waals surface area contributed by atoms with E-state index in [2.05, 4.69) is 15.7 Å². The van der Waals surface area contributed by atoms with Gasteiger partial charge in [0.1, 0.15) is 0 Å². The summed E-state index contributed by atoms with van der Waals surface area (Å²) in [5, 5.41) is 41.2. The minimum absolute atomic E-state index is 0.114. The van der Waals surface area contributed by atoms with Crippen LogP contribution in [0.4, 0.5) is 0 Å². The van der Waals surface area contributed by atoms with Gasteiger partial charge in [0.05, 0.1) is 37.3 Å². The second kappa shape index (κ2) is 15.1. The number of nitrogens with one attached hydrogen (secondary N) is 2. The molecule has 39 heavy (non-hydrogen) atoms. The molecule has 6 unspecified atom stereocenters. The van der Waals surface area contributed by atoms with Crippen LogP contribution < -0.4 is 10.8 Å². The maximum Gasteiger partial charge on any atom is 0.307 e. The molecule has 0 spiro atoms. The van der Waals surface area contributed by atoms with E-state index in [1.807, 2.05) is 0 Å². The highest BCUT2D eigenvalue weighted by molar-refractivity contribution is 5.85. The Labute approximate surface area is 232 Å². The summed E-state index contributed by atoms with van der Waals surface area (Å²) in [5.74, 6) is -0.656. The second-order valence-electron chi connectivity index (χ2n) is 12.9. The van der Waals surface area contributed by atoms with E-state index >= 15 is 0 Å². The molecule has 4 aliphatic carbocycles. The molecule has 10 heteroatoms. The van der Waals surface area contributed by atoms with E-state index in [1.54, 1.807) is 0 Å². The Balaban J connectivity index is 1.09. The van der Waals surface area contributed by atoms with Crippen molar-refractivity contribution in [3.63, 3.8) is 0 Å². The van der Waals surface area contributed by atoms with Crippen molar-refractivity contribution in [3.05, 3.63) is 0 Å². The summed E-state index contributed by atoms with van der Waals surface area (Å²) in [6.45, 7) is 0.807. The number of carboxylic acids is 1. The maximum absolute atomic E-state index is 12.8. The van der Waals surface area contributed by atoms with Crippen LogP contribution in [0.2, 0.25) is 0 Å². The van der Waals surface area contributed by atoms with Crippen LogP contribution >= 0.6 is 0 Å². The molecule has 6 N–H and O–H groups in total. The Hall–Kier alpha value is -1.30. The van der Waals surface area contributed by atoms with E-state index in [1.165, 1.54) is 19.3 Å². The highest BCUT2D eigenvalue weighted by Gasteiger charge is 2.40. The van der Waals surface area contributed by atoms with Crippen molar-refractivity contribution in [2.75, 3.05) is 13.2 Å². The molecule has 4 rings (SSSR count). The molecule has 4 fully saturated rings. The Morgan fingerprint density at radius 1 is 0.692 bits per heavy atom. The summed E-state index contributed by atoms with van der Waals surface area (Å²) in [5.41, 5.74) is 3.27. The number of carbonyl (C=O) groups is 2. The minimum atomic E-state index is -0.985. The Kier molecular flexibility index (Phi) is 11.8. The molecule has 10 nitrogen and oxygen atoms in total. The Morgan fingerprint density at radius 2 is 1.31 bits per heavy atom. The largest absolute Gasteiger partial charge is 0.481 e. The van der Waals surface area contributed by atoms with Gasteiger partial charge in [0, 0.05) is 12.1 Å². The number of aliphatic hydroxyl groups excluding tert-OH is 2.